The fraction of sp³-hybridized carbons (Fsp3) is 0.769. The highest BCUT2D eigenvalue weighted by Gasteiger charge is 2.19. The van der Waals surface area contributed by atoms with Gasteiger partial charge in [0.25, 0.3) is 0 Å². The molecule has 1 atom stereocenters. The van der Waals surface area contributed by atoms with E-state index in [1.165, 1.54) is 0 Å². The number of carbonyl (C=O) groups is 3. The third-order valence-electron chi connectivity index (χ3n) is 2.89. The lowest BCUT2D eigenvalue weighted by Gasteiger charge is -2.18. The minimum Gasteiger partial charge on any atom is -0.480 e. The third kappa shape index (κ3) is 6.79. The van der Waals surface area contributed by atoms with Gasteiger partial charge in [-0.2, -0.15) is 0 Å². The van der Waals surface area contributed by atoms with Gasteiger partial charge in [-0.1, -0.05) is 13.3 Å². The van der Waals surface area contributed by atoms with E-state index >= 15 is 0 Å². The number of hydrogen-bond acceptors (Lipinski definition) is 3. The van der Waals surface area contributed by atoms with Crippen LogP contribution in [0.1, 0.15) is 46.5 Å². The van der Waals surface area contributed by atoms with Crippen molar-refractivity contribution >= 4 is 17.8 Å². The van der Waals surface area contributed by atoms with Crippen LogP contribution >= 0.6 is 0 Å². The lowest BCUT2D eigenvalue weighted by atomic mass is 10.1. The molecule has 0 rings (SSSR count). The topological polar surface area (TPSA) is 86.7 Å². The Kier molecular flexibility index (Phi) is 8.57. The van der Waals surface area contributed by atoms with Gasteiger partial charge in [-0.15, -0.1) is 0 Å². The molecule has 0 bridgehead atoms. The first kappa shape index (κ1) is 17.4. The standard InChI is InChI=1S/C13H24N2O4/c1-4-7-10(13(18)19)14-11(16)8-9-12(17)15(5-2)6-3/h10H,4-9H2,1-3H3,(H,14,16)(H,18,19). The van der Waals surface area contributed by atoms with Crippen LogP contribution in [0.25, 0.3) is 0 Å². The van der Waals surface area contributed by atoms with Crippen molar-refractivity contribution in [2.75, 3.05) is 13.1 Å². The molecular formula is C13H24N2O4. The molecule has 0 fully saturated rings. The Morgan fingerprint density at radius 2 is 1.68 bits per heavy atom. The Morgan fingerprint density at radius 1 is 1.11 bits per heavy atom. The minimum absolute atomic E-state index is 0.0306. The zero-order valence-corrected chi connectivity index (χ0v) is 11.9. The second kappa shape index (κ2) is 9.35. The SMILES string of the molecule is CCCC(NC(=O)CCC(=O)N(CC)CC)C(=O)O. The van der Waals surface area contributed by atoms with Crippen LogP contribution in [0.5, 0.6) is 0 Å². The summed E-state index contributed by atoms with van der Waals surface area (Å²) in [5.41, 5.74) is 0. The van der Waals surface area contributed by atoms with Crippen LogP contribution in [-0.4, -0.2) is 46.9 Å². The van der Waals surface area contributed by atoms with Gasteiger partial charge in [0.2, 0.25) is 11.8 Å². The predicted octanol–water partition coefficient (Wildman–Crippen LogP) is 1.00. The number of amides is 2. The van der Waals surface area contributed by atoms with Gasteiger partial charge < -0.3 is 15.3 Å². The van der Waals surface area contributed by atoms with Gasteiger partial charge in [0.1, 0.15) is 6.04 Å². The summed E-state index contributed by atoms with van der Waals surface area (Å²) in [5, 5.41) is 11.3. The number of carboxylic acid groups (broad SMARTS) is 1. The molecule has 0 spiro atoms. The second-order valence-corrected chi connectivity index (χ2v) is 4.31. The molecule has 0 aliphatic carbocycles. The zero-order valence-electron chi connectivity index (χ0n) is 11.9. The van der Waals surface area contributed by atoms with E-state index in [9.17, 15) is 14.4 Å². The summed E-state index contributed by atoms with van der Waals surface area (Å²) in [6.45, 7) is 6.84. The van der Waals surface area contributed by atoms with Crippen molar-refractivity contribution in [3.63, 3.8) is 0 Å². The number of hydrogen-bond donors (Lipinski definition) is 2. The Balaban J connectivity index is 4.17. The molecule has 0 aromatic carbocycles. The van der Waals surface area contributed by atoms with Gasteiger partial charge in [-0.3, -0.25) is 9.59 Å². The van der Waals surface area contributed by atoms with Crippen LogP contribution in [0.4, 0.5) is 0 Å². The fourth-order valence-corrected chi connectivity index (χ4v) is 1.77. The summed E-state index contributed by atoms with van der Waals surface area (Å²) in [5.74, 6) is -1.51. The van der Waals surface area contributed by atoms with E-state index in [1.54, 1.807) is 4.90 Å². The first-order valence-electron chi connectivity index (χ1n) is 6.76. The molecule has 19 heavy (non-hydrogen) atoms. The summed E-state index contributed by atoms with van der Waals surface area (Å²) in [4.78, 5) is 35.8. The first-order chi connectivity index (χ1) is 8.96. The predicted molar refractivity (Wildman–Crippen MR) is 71.6 cm³/mol. The lowest BCUT2D eigenvalue weighted by molar-refractivity contribution is -0.142. The fourth-order valence-electron chi connectivity index (χ4n) is 1.77. The van der Waals surface area contributed by atoms with E-state index in [0.29, 0.717) is 25.9 Å². The maximum absolute atomic E-state index is 11.7. The van der Waals surface area contributed by atoms with Gasteiger partial charge in [0, 0.05) is 25.9 Å². The Hall–Kier alpha value is -1.59. The maximum Gasteiger partial charge on any atom is 0.326 e. The number of nitrogens with zero attached hydrogens (tertiary/aromatic N) is 1. The van der Waals surface area contributed by atoms with E-state index in [-0.39, 0.29) is 24.7 Å². The van der Waals surface area contributed by atoms with Crippen LogP contribution < -0.4 is 5.32 Å². The molecule has 0 heterocycles. The van der Waals surface area contributed by atoms with Crippen molar-refractivity contribution < 1.29 is 19.5 Å². The molecule has 0 aliphatic rings. The van der Waals surface area contributed by atoms with Gasteiger partial charge in [0.05, 0.1) is 0 Å². The molecule has 0 saturated heterocycles. The number of carbonyl (C=O) groups excluding carboxylic acids is 2. The summed E-state index contributed by atoms with van der Waals surface area (Å²) in [7, 11) is 0. The average Bonchev–Trinajstić information content (AvgIpc) is 2.37. The van der Waals surface area contributed by atoms with Gasteiger partial charge in [-0.25, -0.2) is 4.79 Å². The highest BCUT2D eigenvalue weighted by molar-refractivity contribution is 5.86. The molecule has 0 aromatic heterocycles. The lowest BCUT2D eigenvalue weighted by Crippen LogP contribution is -2.41. The Bertz CT molecular complexity index is 314. The van der Waals surface area contributed by atoms with Crippen molar-refractivity contribution in [3.8, 4) is 0 Å². The quantitative estimate of drug-likeness (QED) is 0.655. The van der Waals surface area contributed by atoms with Crippen LogP contribution in [0.15, 0.2) is 0 Å². The van der Waals surface area contributed by atoms with Crippen LogP contribution in [-0.2, 0) is 14.4 Å². The normalized spacial score (nSPS) is 11.7. The average molecular weight is 272 g/mol. The highest BCUT2D eigenvalue weighted by atomic mass is 16.4. The molecule has 110 valence electrons. The first-order valence-corrected chi connectivity index (χ1v) is 6.76. The molecule has 2 amide bonds. The van der Waals surface area contributed by atoms with Crippen LogP contribution in [0, 0.1) is 0 Å². The van der Waals surface area contributed by atoms with Crippen LogP contribution in [0.2, 0.25) is 0 Å². The maximum atomic E-state index is 11.7. The monoisotopic (exact) mass is 272 g/mol. The van der Waals surface area contributed by atoms with Crippen LogP contribution in [0.3, 0.4) is 0 Å². The molecular weight excluding hydrogens is 248 g/mol. The molecule has 0 aromatic rings. The van der Waals surface area contributed by atoms with E-state index < -0.39 is 12.0 Å². The molecule has 6 nitrogen and oxygen atoms in total. The number of carboxylic acids is 1. The minimum atomic E-state index is -1.04. The van der Waals surface area contributed by atoms with Gasteiger partial charge in [0.15, 0.2) is 0 Å². The smallest absolute Gasteiger partial charge is 0.326 e. The Morgan fingerprint density at radius 3 is 2.11 bits per heavy atom. The van der Waals surface area contributed by atoms with Gasteiger partial charge >= 0.3 is 5.97 Å². The number of nitrogens with one attached hydrogen (secondary N) is 1. The van der Waals surface area contributed by atoms with Gasteiger partial charge in [-0.05, 0) is 20.3 Å². The van der Waals surface area contributed by atoms with Crippen molar-refractivity contribution in [2.45, 2.75) is 52.5 Å². The number of rotatable bonds is 9. The molecule has 1 unspecified atom stereocenters. The largest absolute Gasteiger partial charge is 0.480 e. The van der Waals surface area contributed by atoms with E-state index in [0.717, 1.165) is 0 Å². The summed E-state index contributed by atoms with van der Waals surface area (Å²) >= 11 is 0. The third-order valence-corrected chi connectivity index (χ3v) is 2.89. The molecule has 0 radical (unpaired) electrons. The molecule has 6 heteroatoms. The van der Waals surface area contributed by atoms with E-state index in [1.807, 2.05) is 20.8 Å². The summed E-state index contributed by atoms with van der Waals surface area (Å²) in [6.07, 6.45) is 1.22. The van der Waals surface area contributed by atoms with E-state index in [2.05, 4.69) is 5.32 Å². The number of aliphatic carboxylic acids is 1. The van der Waals surface area contributed by atoms with Crippen molar-refractivity contribution in [1.82, 2.24) is 10.2 Å². The zero-order chi connectivity index (χ0) is 14.8. The molecule has 0 saturated carbocycles. The highest BCUT2D eigenvalue weighted by Crippen LogP contribution is 2.01. The Labute approximate surface area is 114 Å². The van der Waals surface area contributed by atoms with Crippen molar-refractivity contribution in [1.29, 1.82) is 0 Å². The second-order valence-electron chi connectivity index (χ2n) is 4.31. The van der Waals surface area contributed by atoms with E-state index in [4.69, 9.17) is 5.11 Å². The summed E-state index contributed by atoms with van der Waals surface area (Å²) in [6, 6.07) is -0.860. The van der Waals surface area contributed by atoms with Crippen molar-refractivity contribution in [3.05, 3.63) is 0 Å². The van der Waals surface area contributed by atoms with Crippen molar-refractivity contribution in [2.24, 2.45) is 0 Å². The molecule has 2 N–H and O–H groups in total. The molecule has 0 aliphatic heterocycles. The summed E-state index contributed by atoms with van der Waals surface area (Å²) < 4.78 is 0.